The lowest BCUT2D eigenvalue weighted by Gasteiger charge is -2.37. The molecule has 0 aliphatic heterocycles. The molecule has 0 aliphatic carbocycles. The van der Waals surface area contributed by atoms with Gasteiger partial charge in [0.2, 0.25) is 0 Å². The van der Waals surface area contributed by atoms with Gasteiger partial charge in [0.15, 0.2) is 5.78 Å². The number of benzene rings is 1. The zero-order valence-electron chi connectivity index (χ0n) is 16.6. The minimum atomic E-state index is -0.939. The van der Waals surface area contributed by atoms with E-state index in [2.05, 4.69) is 0 Å². The summed E-state index contributed by atoms with van der Waals surface area (Å²) >= 11 is 0. The fraction of sp³-hybridized carbons (Fsp3) is 0.550. The van der Waals surface area contributed by atoms with Gasteiger partial charge in [0, 0.05) is 17.4 Å². The topological polar surface area (TPSA) is 60.4 Å². The first kappa shape index (κ1) is 23.5. The van der Waals surface area contributed by atoms with Crippen LogP contribution in [0.25, 0.3) is 0 Å². The molecular weight excluding hydrogens is 335 g/mol. The van der Waals surface area contributed by atoms with Crippen molar-refractivity contribution >= 4 is 26.3 Å². The molecule has 0 spiro atoms. The first-order valence-electron chi connectivity index (χ1n) is 8.55. The first-order chi connectivity index (χ1) is 11.5. The quantitative estimate of drug-likeness (QED) is 0.511. The smallest absolute Gasteiger partial charge is 0.314 e. The van der Waals surface area contributed by atoms with Crippen LogP contribution in [0.1, 0.15) is 64.4 Å². The minimum absolute atomic E-state index is 0.0536. The van der Waals surface area contributed by atoms with Gasteiger partial charge in [-0.05, 0) is 33.0 Å². The summed E-state index contributed by atoms with van der Waals surface area (Å²) < 4.78 is 5.14. The van der Waals surface area contributed by atoms with Gasteiger partial charge in [-0.25, -0.2) is 0 Å². The fourth-order valence-electron chi connectivity index (χ4n) is 2.18. The molecule has 0 fully saturated rings. The Kier molecular flexibility index (Phi) is 9.21. The molecule has 4 nitrogen and oxygen atoms in total. The Morgan fingerprint density at radius 1 is 0.960 bits per heavy atom. The third-order valence-electron chi connectivity index (χ3n) is 4.50. The van der Waals surface area contributed by atoms with E-state index in [1.807, 2.05) is 13.8 Å². The van der Waals surface area contributed by atoms with Gasteiger partial charge in [-0.2, -0.15) is 0 Å². The van der Waals surface area contributed by atoms with Gasteiger partial charge in [0.25, 0.3) is 0 Å². The van der Waals surface area contributed by atoms with Crippen LogP contribution in [0.2, 0.25) is 0 Å². The molecular formula is C20H31O4P. The molecule has 0 heterocycles. The highest BCUT2D eigenvalue weighted by atomic mass is 31.1. The summed E-state index contributed by atoms with van der Waals surface area (Å²) in [4.78, 5) is 36.2. The second kappa shape index (κ2) is 9.82. The van der Waals surface area contributed by atoms with Crippen molar-refractivity contribution in [3.05, 3.63) is 35.4 Å². The average Bonchev–Trinajstić information content (AvgIpc) is 2.56. The molecule has 1 unspecified atom stereocenters. The van der Waals surface area contributed by atoms with Crippen molar-refractivity contribution in [1.82, 2.24) is 0 Å². The maximum Gasteiger partial charge on any atom is 0.314 e. The van der Waals surface area contributed by atoms with E-state index in [1.54, 1.807) is 58.6 Å². The van der Waals surface area contributed by atoms with Crippen molar-refractivity contribution in [1.29, 1.82) is 0 Å². The van der Waals surface area contributed by atoms with Crippen LogP contribution in [0, 0.1) is 10.8 Å². The van der Waals surface area contributed by atoms with E-state index < -0.39 is 10.8 Å². The number of hydrogen-bond donors (Lipinski definition) is 0. The van der Waals surface area contributed by atoms with E-state index in [-0.39, 0.29) is 26.3 Å². The third-order valence-corrected chi connectivity index (χ3v) is 4.89. The van der Waals surface area contributed by atoms with Gasteiger partial charge >= 0.3 is 5.97 Å². The van der Waals surface area contributed by atoms with Gasteiger partial charge in [-0.1, -0.05) is 52.0 Å². The summed E-state index contributed by atoms with van der Waals surface area (Å²) in [5, 5.41) is 0. The third kappa shape index (κ3) is 5.74. The Morgan fingerprint density at radius 2 is 1.44 bits per heavy atom. The SMILES string of the molecule is CC.CPOC(=O)C(C)(C)C(C)(C)C(=O)c1ccc(CC(C)=O)cc1. The molecule has 1 atom stereocenters. The van der Waals surface area contributed by atoms with Crippen LogP contribution in [0.3, 0.4) is 0 Å². The van der Waals surface area contributed by atoms with E-state index in [9.17, 15) is 14.4 Å². The zero-order chi connectivity index (χ0) is 19.8. The average molecular weight is 366 g/mol. The highest BCUT2D eigenvalue weighted by molar-refractivity contribution is 7.31. The Labute approximate surface area is 153 Å². The highest BCUT2D eigenvalue weighted by Gasteiger charge is 2.49. The van der Waals surface area contributed by atoms with Crippen molar-refractivity contribution < 1.29 is 18.9 Å². The van der Waals surface area contributed by atoms with E-state index in [0.29, 0.717) is 12.0 Å². The van der Waals surface area contributed by atoms with Gasteiger partial charge in [0.1, 0.15) is 5.78 Å². The molecule has 0 aromatic heterocycles. The summed E-state index contributed by atoms with van der Waals surface area (Å²) in [7, 11) is 0.0536. The monoisotopic (exact) mass is 366 g/mol. The molecule has 25 heavy (non-hydrogen) atoms. The van der Waals surface area contributed by atoms with Crippen molar-refractivity contribution in [3.8, 4) is 0 Å². The zero-order valence-corrected chi connectivity index (χ0v) is 17.6. The summed E-state index contributed by atoms with van der Waals surface area (Å²) in [6.07, 6.45) is 0.354. The van der Waals surface area contributed by atoms with Crippen LogP contribution in [0.15, 0.2) is 24.3 Å². The predicted octanol–water partition coefficient (Wildman–Crippen LogP) is 4.85. The van der Waals surface area contributed by atoms with Crippen molar-refractivity contribution in [2.75, 3.05) is 6.66 Å². The molecule has 0 saturated carbocycles. The Hall–Kier alpha value is -1.54. The van der Waals surface area contributed by atoms with E-state index >= 15 is 0 Å². The van der Waals surface area contributed by atoms with Crippen LogP contribution in [0.5, 0.6) is 0 Å². The Bertz CT molecular complexity index is 601. The second-order valence-corrected chi connectivity index (χ2v) is 7.36. The second-order valence-electron chi connectivity index (χ2n) is 6.75. The van der Waals surface area contributed by atoms with E-state index in [0.717, 1.165) is 5.56 Å². The van der Waals surface area contributed by atoms with Crippen molar-refractivity contribution in [3.63, 3.8) is 0 Å². The largest absolute Gasteiger partial charge is 0.448 e. The fourth-order valence-corrected chi connectivity index (χ4v) is 2.62. The molecule has 0 radical (unpaired) electrons. The Balaban J connectivity index is 0.00000277. The number of rotatable bonds is 7. The molecule has 5 heteroatoms. The summed E-state index contributed by atoms with van der Waals surface area (Å²) in [5.41, 5.74) is -0.448. The molecule has 0 amide bonds. The Morgan fingerprint density at radius 3 is 1.84 bits per heavy atom. The van der Waals surface area contributed by atoms with Gasteiger partial charge < -0.3 is 4.52 Å². The summed E-state index contributed by atoms with van der Waals surface area (Å²) in [6, 6.07) is 6.99. The van der Waals surface area contributed by atoms with Crippen LogP contribution in [-0.2, 0) is 20.5 Å². The molecule has 1 aromatic carbocycles. The molecule has 1 aromatic rings. The molecule has 0 N–H and O–H groups in total. The molecule has 0 bridgehead atoms. The van der Waals surface area contributed by atoms with Crippen molar-refractivity contribution in [2.24, 2.45) is 10.8 Å². The molecule has 1 rings (SSSR count). The summed E-state index contributed by atoms with van der Waals surface area (Å²) in [6.45, 7) is 14.3. The number of ketones is 2. The van der Waals surface area contributed by atoms with Crippen molar-refractivity contribution in [2.45, 2.75) is 54.9 Å². The van der Waals surface area contributed by atoms with Crippen LogP contribution in [0.4, 0.5) is 0 Å². The number of carbonyl (C=O) groups excluding carboxylic acids is 3. The molecule has 0 saturated heterocycles. The van der Waals surface area contributed by atoms with Gasteiger partial charge in [-0.15, -0.1) is 0 Å². The summed E-state index contributed by atoms with van der Waals surface area (Å²) in [5.74, 6) is -0.410. The van der Waals surface area contributed by atoms with Gasteiger partial charge in [0.05, 0.1) is 14.2 Å². The number of carbonyl (C=O) groups is 3. The first-order valence-corrected chi connectivity index (χ1v) is 9.96. The number of hydrogen-bond acceptors (Lipinski definition) is 4. The van der Waals surface area contributed by atoms with E-state index in [4.69, 9.17) is 4.52 Å². The van der Waals surface area contributed by atoms with Crippen LogP contribution < -0.4 is 0 Å². The highest BCUT2D eigenvalue weighted by Crippen LogP contribution is 2.43. The lowest BCUT2D eigenvalue weighted by Crippen LogP contribution is -2.45. The normalized spacial score (nSPS) is 11.7. The van der Waals surface area contributed by atoms with Crippen LogP contribution >= 0.6 is 8.81 Å². The number of Topliss-reactive ketones (excluding diaryl/α,β-unsaturated/α-hetero) is 2. The lowest BCUT2D eigenvalue weighted by atomic mass is 9.64. The molecule has 0 aliphatic rings. The predicted molar refractivity (Wildman–Crippen MR) is 104 cm³/mol. The van der Waals surface area contributed by atoms with Crippen LogP contribution in [-0.4, -0.2) is 24.2 Å². The standard InChI is InChI=1S/C18H25O4P.C2H6/c1-12(19)11-13-7-9-14(10-8-13)15(20)17(2,3)18(4,5)16(21)22-23-6;1-2/h7-10,23H,11H2,1-6H3;1-2H3. The maximum atomic E-state index is 12.9. The van der Waals surface area contributed by atoms with E-state index in [1.165, 1.54) is 6.92 Å². The van der Waals surface area contributed by atoms with Gasteiger partial charge in [-0.3, -0.25) is 14.4 Å². The minimum Gasteiger partial charge on any atom is -0.448 e. The lowest BCUT2D eigenvalue weighted by molar-refractivity contribution is -0.147. The molecule has 140 valence electrons. The maximum absolute atomic E-state index is 12.9.